The van der Waals surface area contributed by atoms with Crippen LogP contribution in [0.2, 0.25) is 0 Å². The van der Waals surface area contributed by atoms with E-state index in [0.717, 1.165) is 12.1 Å². The van der Waals surface area contributed by atoms with E-state index in [9.17, 15) is 32.7 Å². The minimum absolute atomic E-state index is 0.0907. The molecule has 0 spiro atoms. The summed E-state index contributed by atoms with van der Waals surface area (Å²) in [6, 6.07) is 4.30. The number of carboxylic acids is 1. The van der Waals surface area contributed by atoms with Gasteiger partial charge in [0.15, 0.2) is 0 Å². The number of carbonyl (C=O) groups is 3. The molecule has 0 heterocycles. The summed E-state index contributed by atoms with van der Waals surface area (Å²) in [6.45, 7) is 2.49. The molecular formula is C17H20F3NO6. The van der Waals surface area contributed by atoms with Crippen LogP contribution in [0, 0.1) is 5.92 Å². The van der Waals surface area contributed by atoms with Crippen molar-refractivity contribution in [2.24, 2.45) is 5.92 Å². The molecule has 150 valence electrons. The second-order valence-electron chi connectivity index (χ2n) is 5.63. The molecule has 0 aliphatic rings. The standard InChI is InChI=1S/C17H20F3NO6/c1-3-14(22)26-10(2)27-16(25)21-9-12(15(23)24)7-11-5-4-6-13(8-11)17(18,19)20/h4-6,8,10,12H,3,7,9H2,1-2H3,(H,21,25)(H,23,24)/t10-,12+/m1/s1. The number of halogens is 3. The summed E-state index contributed by atoms with van der Waals surface area (Å²) in [5, 5.41) is 11.4. The molecule has 7 nitrogen and oxygen atoms in total. The third-order valence-electron chi connectivity index (χ3n) is 3.44. The van der Waals surface area contributed by atoms with Gasteiger partial charge in [0.2, 0.25) is 6.29 Å². The van der Waals surface area contributed by atoms with Gasteiger partial charge >= 0.3 is 24.2 Å². The van der Waals surface area contributed by atoms with Crippen LogP contribution in [-0.4, -0.2) is 36.0 Å². The number of carboxylic acid groups (broad SMARTS) is 1. The summed E-state index contributed by atoms with van der Waals surface area (Å²) >= 11 is 0. The van der Waals surface area contributed by atoms with Crippen molar-refractivity contribution in [1.29, 1.82) is 0 Å². The van der Waals surface area contributed by atoms with E-state index < -0.39 is 42.0 Å². The normalized spacial score (nSPS) is 13.4. The number of amides is 1. The largest absolute Gasteiger partial charge is 0.481 e. The Morgan fingerprint density at radius 1 is 1.22 bits per heavy atom. The summed E-state index contributed by atoms with van der Waals surface area (Å²) < 4.78 is 47.6. The Kier molecular flexibility index (Phi) is 8.07. The van der Waals surface area contributed by atoms with E-state index in [1.165, 1.54) is 19.1 Å². The molecule has 0 aromatic heterocycles. The highest BCUT2D eigenvalue weighted by atomic mass is 19.4. The SMILES string of the molecule is CCC(=O)O[C@@H](C)OC(=O)NC[C@H](Cc1cccc(C(F)(F)F)c1)C(=O)O. The number of nitrogens with one attached hydrogen (secondary N) is 1. The summed E-state index contributed by atoms with van der Waals surface area (Å²) in [5.41, 5.74) is -0.722. The number of hydrogen-bond acceptors (Lipinski definition) is 5. The number of rotatable bonds is 8. The van der Waals surface area contributed by atoms with Crippen LogP contribution in [0.1, 0.15) is 31.4 Å². The number of hydrogen-bond donors (Lipinski definition) is 2. The first-order valence-electron chi connectivity index (χ1n) is 8.05. The predicted octanol–water partition coefficient (Wildman–Crippen LogP) is 2.97. The van der Waals surface area contributed by atoms with Crippen molar-refractivity contribution in [3.8, 4) is 0 Å². The maximum atomic E-state index is 12.7. The van der Waals surface area contributed by atoms with Gasteiger partial charge in [-0.3, -0.25) is 9.59 Å². The van der Waals surface area contributed by atoms with E-state index in [4.69, 9.17) is 9.47 Å². The average Bonchev–Trinajstić information content (AvgIpc) is 2.57. The van der Waals surface area contributed by atoms with E-state index in [2.05, 4.69) is 5.32 Å². The van der Waals surface area contributed by atoms with Gasteiger partial charge in [0, 0.05) is 19.9 Å². The molecule has 0 saturated heterocycles. The molecule has 2 N–H and O–H groups in total. The predicted molar refractivity (Wildman–Crippen MR) is 86.6 cm³/mol. The molecule has 1 aromatic carbocycles. The third kappa shape index (κ3) is 7.97. The molecule has 0 aliphatic heterocycles. The quantitative estimate of drug-likeness (QED) is 0.522. The highest BCUT2D eigenvalue weighted by Crippen LogP contribution is 2.30. The van der Waals surface area contributed by atoms with Crippen molar-refractivity contribution >= 4 is 18.0 Å². The second-order valence-corrected chi connectivity index (χ2v) is 5.63. The fraction of sp³-hybridized carbons (Fsp3) is 0.471. The highest BCUT2D eigenvalue weighted by Gasteiger charge is 2.31. The van der Waals surface area contributed by atoms with Crippen LogP contribution in [0.3, 0.4) is 0 Å². The monoisotopic (exact) mass is 391 g/mol. The third-order valence-corrected chi connectivity index (χ3v) is 3.44. The summed E-state index contributed by atoms with van der Waals surface area (Å²) in [5.74, 6) is -3.05. The molecule has 1 rings (SSSR count). The van der Waals surface area contributed by atoms with E-state index >= 15 is 0 Å². The van der Waals surface area contributed by atoms with E-state index in [0.29, 0.717) is 0 Å². The van der Waals surface area contributed by atoms with Gasteiger partial charge in [-0.1, -0.05) is 25.1 Å². The Bertz CT molecular complexity index is 677. The van der Waals surface area contributed by atoms with Gasteiger partial charge in [0.25, 0.3) is 0 Å². The van der Waals surface area contributed by atoms with E-state index in [1.54, 1.807) is 6.92 Å². The summed E-state index contributed by atoms with van der Waals surface area (Å²) in [4.78, 5) is 34.0. The number of alkyl halides is 3. The second kappa shape index (κ2) is 9.79. The van der Waals surface area contributed by atoms with Crippen LogP contribution in [0.5, 0.6) is 0 Å². The van der Waals surface area contributed by atoms with Gasteiger partial charge in [0.05, 0.1) is 11.5 Å². The fourth-order valence-electron chi connectivity index (χ4n) is 2.10. The van der Waals surface area contributed by atoms with Gasteiger partial charge in [0.1, 0.15) is 0 Å². The molecule has 1 aromatic rings. The number of alkyl carbamates (subject to hydrolysis) is 1. The Morgan fingerprint density at radius 3 is 2.44 bits per heavy atom. The Morgan fingerprint density at radius 2 is 1.89 bits per heavy atom. The molecule has 27 heavy (non-hydrogen) atoms. The lowest BCUT2D eigenvalue weighted by Crippen LogP contribution is -2.36. The number of ether oxygens (including phenoxy) is 2. The van der Waals surface area contributed by atoms with Crippen LogP contribution >= 0.6 is 0 Å². The zero-order chi connectivity index (χ0) is 20.6. The number of esters is 1. The topological polar surface area (TPSA) is 102 Å². The minimum Gasteiger partial charge on any atom is -0.481 e. The van der Waals surface area contributed by atoms with Crippen molar-refractivity contribution in [2.45, 2.75) is 39.2 Å². The lowest BCUT2D eigenvalue weighted by atomic mass is 9.98. The van der Waals surface area contributed by atoms with Crippen LogP contribution in [0.15, 0.2) is 24.3 Å². The maximum absolute atomic E-state index is 12.7. The first-order valence-corrected chi connectivity index (χ1v) is 8.05. The van der Waals surface area contributed by atoms with E-state index in [1.807, 2.05) is 0 Å². The van der Waals surface area contributed by atoms with Gasteiger partial charge in [-0.25, -0.2) is 4.79 Å². The molecule has 0 aliphatic carbocycles. The lowest BCUT2D eigenvalue weighted by molar-refractivity contribution is -0.164. The number of aliphatic carboxylic acids is 1. The van der Waals surface area contributed by atoms with Crippen molar-refractivity contribution in [3.05, 3.63) is 35.4 Å². The average molecular weight is 391 g/mol. The van der Waals surface area contributed by atoms with Crippen molar-refractivity contribution < 1.29 is 42.1 Å². The molecule has 0 fully saturated rings. The number of carbonyl (C=O) groups excluding carboxylic acids is 2. The van der Waals surface area contributed by atoms with Crippen LogP contribution < -0.4 is 5.32 Å². The molecule has 10 heteroatoms. The van der Waals surface area contributed by atoms with Crippen molar-refractivity contribution in [1.82, 2.24) is 5.32 Å². The molecule has 0 unspecified atom stereocenters. The zero-order valence-corrected chi connectivity index (χ0v) is 14.7. The lowest BCUT2D eigenvalue weighted by Gasteiger charge is -2.17. The summed E-state index contributed by atoms with van der Waals surface area (Å²) in [7, 11) is 0. The fourth-order valence-corrected chi connectivity index (χ4v) is 2.10. The zero-order valence-electron chi connectivity index (χ0n) is 14.7. The van der Waals surface area contributed by atoms with Gasteiger partial charge in [-0.15, -0.1) is 0 Å². The molecule has 0 bridgehead atoms. The first-order chi connectivity index (χ1) is 12.5. The van der Waals surface area contributed by atoms with Gasteiger partial charge in [-0.2, -0.15) is 13.2 Å². The Balaban J connectivity index is 2.64. The molecule has 0 radical (unpaired) electrons. The smallest absolute Gasteiger partial charge is 0.416 e. The van der Waals surface area contributed by atoms with Crippen molar-refractivity contribution in [2.75, 3.05) is 6.54 Å². The van der Waals surface area contributed by atoms with Crippen LogP contribution in [0.4, 0.5) is 18.0 Å². The van der Waals surface area contributed by atoms with E-state index in [-0.39, 0.29) is 24.9 Å². The highest BCUT2D eigenvalue weighted by molar-refractivity contribution is 5.73. The molecule has 2 atom stereocenters. The Labute approximate surface area is 153 Å². The number of benzene rings is 1. The molecular weight excluding hydrogens is 371 g/mol. The van der Waals surface area contributed by atoms with Gasteiger partial charge in [-0.05, 0) is 18.1 Å². The van der Waals surface area contributed by atoms with Crippen LogP contribution in [0.25, 0.3) is 0 Å². The van der Waals surface area contributed by atoms with Crippen molar-refractivity contribution in [3.63, 3.8) is 0 Å². The Hall–Kier alpha value is -2.78. The molecule has 1 amide bonds. The summed E-state index contributed by atoms with van der Waals surface area (Å²) in [6.07, 6.45) is -6.85. The maximum Gasteiger partial charge on any atom is 0.416 e. The molecule has 0 saturated carbocycles. The van der Waals surface area contributed by atoms with Gasteiger partial charge < -0.3 is 19.9 Å². The van der Waals surface area contributed by atoms with Crippen LogP contribution in [-0.2, 0) is 31.7 Å². The minimum atomic E-state index is -4.54. The first kappa shape index (κ1) is 22.3.